The molecule has 0 aliphatic carbocycles. The molecule has 0 atom stereocenters. The molecule has 1 aliphatic rings. The number of nitrogens with zero attached hydrogens (tertiary/aromatic N) is 1. The van der Waals surface area contributed by atoms with Crippen LogP contribution in [0.15, 0.2) is 37.0 Å². The normalized spacial score (nSPS) is 17.1. The van der Waals surface area contributed by atoms with Gasteiger partial charge in [-0.2, -0.15) is 0 Å². The van der Waals surface area contributed by atoms with Crippen LogP contribution in [0.2, 0.25) is 0 Å². The van der Waals surface area contributed by atoms with Crippen molar-refractivity contribution in [2.45, 2.75) is 12.8 Å². The first-order valence-corrected chi connectivity index (χ1v) is 4.98. The Hall–Kier alpha value is -0.860. The Labute approximate surface area is 87.2 Å². The van der Waals surface area contributed by atoms with Crippen molar-refractivity contribution < 1.29 is 5.11 Å². The Morgan fingerprint density at radius 2 is 1.86 bits per heavy atom. The van der Waals surface area contributed by atoms with E-state index in [9.17, 15) is 0 Å². The molecule has 1 rings (SSSR count). The van der Waals surface area contributed by atoms with Crippen LogP contribution in [0.25, 0.3) is 0 Å². The fraction of sp³-hybridized carbons (Fsp3) is 0.500. The number of rotatable bonds is 4. The average molecular weight is 195 g/mol. The van der Waals surface area contributed by atoms with Crippen LogP contribution in [0.5, 0.6) is 0 Å². The zero-order valence-corrected chi connectivity index (χ0v) is 9.08. The summed E-state index contributed by atoms with van der Waals surface area (Å²) in [7, 11) is 1.00. The number of aliphatic hydroxyl groups is 1. The maximum atomic E-state index is 7.00. The standard InChI is InChI=1S/C11H17N.CH4O/c1-3-7-11(4-2)10-12-8-5-6-9-12;1-2/h3-4,7H,1-2,5-6,8-10H2;2H,1H3/b11-7+;. The molecule has 1 N–H and O–H groups in total. The molecule has 2 nitrogen and oxygen atoms in total. The molecular formula is C12H21NO. The maximum absolute atomic E-state index is 7.00. The topological polar surface area (TPSA) is 23.5 Å². The number of likely N-dealkylation sites (tertiary alicyclic amines) is 1. The lowest BCUT2D eigenvalue weighted by Gasteiger charge is -2.14. The molecule has 0 aromatic carbocycles. The summed E-state index contributed by atoms with van der Waals surface area (Å²) in [5.41, 5.74) is 1.27. The molecule has 0 unspecified atom stereocenters. The quantitative estimate of drug-likeness (QED) is 0.693. The summed E-state index contributed by atoms with van der Waals surface area (Å²) in [6, 6.07) is 0. The molecule has 0 aromatic rings. The summed E-state index contributed by atoms with van der Waals surface area (Å²) in [5.74, 6) is 0. The van der Waals surface area contributed by atoms with Crippen molar-refractivity contribution in [2.75, 3.05) is 26.7 Å². The molecule has 1 heterocycles. The largest absolute Gasteiger partial charge is 0.400 e. The summed E-state index contributed by atoms with van der Waals surface area (Å²) in [6.07, 6.45) is 8.47. The Kier molecular flexibility index (Phi) is 8.19. The first-order valence-electron chi connectivity index (χ1n) is 4.98. The van der Waals surface area contributed by atoms with E-state index in [0.29, 0.717) is 0 Å². The minimum Gasteiger partial charge on any atom is -0.400 e. The van der Waals surface area contributed by atoms with Gasteiger partial charge in [-0.3, -0.25) is 4.90 Å². The molecule has 0 bridgehead atoms. The molecule has 2 heteroatoms. The highest BCUT2D eigenvalue weighted by Gasteiger charge is 2.10. The molecule has 0 saturated carbocycles. The molecule has 0 radical (unpaired) electrons. The fourth-order valence-corrected chi connectivity index (χ4v) is 1.54. The van der Waals surface area contributed by atoms with Gasteiger partial charge in [-0.05, 0) is 31.5 Å². The number of allylic oxidation sites excluding steroid dienone is 2. The van der Waals surface area contributed by atoms with E-state index < -0.39 is 0 Å². The highest BCUT2D eigenvalue weighted by molar-refractivity contribution is 5.22. The fourth-order valence-electron chi connectivity index (χ4n) is 1.54. The minimum absolute atomic E-state index is 1.00. The van der Waals surface area contributed by atoms with Crippen molar-refractivity contribution in [3.05, 3.63) is 37.0 Å². The van der Waals surface area contributed by atoms with Crippen molar-refractivity contribution in [2.24, 2.45) is 0 Å². The van der Waals surface area contributed by atoms with Gasteiger partial charge in [-0.15, -0.1) is 0 Å². The summed E-state index contributed by atoms with van der Waals surface area (Å²) >= 11 is 0. The summed E-state index contributed by atoms with van der Waals surface area (Å²) in [6.45, 7) is 11.0. The van der Waals surface area contributed by atoms with Crippen LogP contribution < -0.4 is 0 Å². The average Bonchev–Trinajstić information content (AvgIpc) is 2.73. The highest BCUT2D eigenvalue weighted by Crippen LogP contribution is 2.10. The highest BCUT2D eigenvalue weighted by atomic mass is 16.2. The smallest absolute Gasteiger partial charge is 0.0319 e. The molecule has 1 fully saturated rings. The summed E-state index contributed by atoms with van der Waals surface area (Å²) < 4.78 is 0. The zero-order chi connectivity index (χ0) is 10.8. The predicted molar refractivity (Wildman–Crippen MR) is 62.3 cm³/mol. The van der Waals surface area contributed by atoms with Gasteiger partial charge in [0.25, 0.3) is 0 Å². The van der Waals surface area contributed by atoms with Crippen LogP contribution in [0.4, 0.5) is 0 Å². The van der Waals surface area contributed by atoms with Gasteiger partial charge in [0.15, 0.2) is 0 Å². The van der Waals surface area contributed by atoms with Gasteiger partial charge < -0.3 is 5.11 Å². The molecule has 14 heavy (non-hydrogen) atoms. The van der Waals surface area contributed by atoms with Crippen LogP contribution in [-0.4, -0.2) is 36.8 Å². The van der Waals surface area contributed by atoms with Crippen molar-refractivity contribution in [1.82, 2.24) is 4.90 Å². The monoisotopic (exact) mass is 195 g/mol. The van der Waals surface area contributed by atoms with Crippen molar-refractivity contribution in [3.8, 4) is 0 Å². The second-order valence-electron chi connectivity index (χ2n) is 3.16. The second-order valence-corrected chi connectivity index (χ2v) is 3.16. The Morgan fingerprint density at radius 3 is 2.29 bits per heavy atom. The second kappa shape index (κ2) is 8.73. The van der Waals surface area contributed by atoms with Crippen molar-refractivity contribution >= 4 is 0 Å². The molecule has 1 aliphatic heterocycles. The molecule has 1 saturated heterocycles. The molecule has 80 valence electrons. The van der Waals surface area contributed by atoms with Crippen LogP contribution >= 0.6 is 0 Å². The van der Waals surface area contributed by atoms with E-state index in [1.54, 1.807) is 0 Å². The first kappa shape index (κ1) is 13.1. The number of hydrogen-bond donors (Lipinski definition) is 1. The van der Waals surface area contributed by atoms with Crippen LogP contribution in [0.3, 0.4) is 0 Å². The molecule has 0 aromatic heterocycles. The van der Waals surface area contributed by atoms with E-state index in [-0.39, 0.29) is 0 Å². The Balaban J connectivity index is 0.000000791. The van der Waals surface area contributed by atoms with Crippen LogP contribution in [0.1, 0.15) is 12.8 Å². The van der Waals surface area contributed by atoms with Crippen LogP contribution in [-0.2, 0) is 0 Å². The molecule has 0 spiro atoms. The SMILES string of the molecule is C=C/C=C(\C=C)CN1CCCC1.CO. The van der Waals surface area contributed by atoms with Crippen molar-refractivity contribution in [1.29, 1.82) is 0 Å². The third-order valence-electron chi connectivity index (χ3n) is 2.20. The Bertz CT molecular complexity index is 190. The van der Waals surface area contributed by atoms with E-state index in [0.717, 1.165) is 13.7 Å². The Morgan fingerprint density at radius 1 is 1.29 bits per heavy atom. The minimum atomic E-state index is 1.00. The molecular weight excluding hydrogens is 174 g/mol. The third kappa shape index (κ3) is 5.00. The van der Waals surface area contributed by atoms with E-state index in [1.165, 1.54) is 31.5 Å². The van der Waals surface area contributed by atoms with E-state index in [2.05, 4.69) is 18.1 Å². The molecule has 0 amide bonds. The van der Waals surface area contributed by atoms with Gasteiger partial charge >= 0.3 is 0 Å². The lowest BCUT2D eigenvalue weighted by Crippen LogP contribution is -2.21. The number of hydrogen-bond acceptors (Lipinski definition) is 2. The lowest BCUT2D eigenvalue weighted by atomic mass is 10.2. The third-order valence-corrected chi connectivity index (χ3v) is 2.20. The maximum Gasteiger partial charge on any atom is 0.0319 e. The van der Waals surface area contributed by atoms with Gasteiger partial charge in [-0.25, -0.2) is 0 Å². The predicted octanol–water partition coefficient (Wildman–Crippen LogP) is 1.99. The first-order chi connectivity index (χ1) is 6.86. The van der Waals surface area contributed by atoms with Crippen molar-refractivity contribution in [3.63, 3.8) is 0 Å². The van der Waals surface area contributed by atoms with Gasteiger partial charge in [0.2, 0.25) is 0 Å². The van der Waals surface area contributed by atoms with E-state index in [4.69, 9.17) is 5.11 Å². The number of aliphatic hydroxyl groups excluding tert-OH is 1. The van der Waals surface area contributed by atoms with Gasteiger partial charge in [-0.1, -0.05) is 31.4 Å². The van der Waals surface area contributed by atoms with Crippen LogP contribution in [0, 0.1) is 0 Å². The van der Waals surface area contributed by atoms with Gasteiger partial charge in [0, 0.05) is 13.7 Å². The summed E-state index contributed by atoms with van der Waals surface area (Å²) in [4.78, 5) is 2.46. The van der Waals surface area contributed by atoms with E-state index >= 15 is 0 Å². The summed E-state index contributed by atoms with van der Waals surface area (Å²) in [5, 5.41) is 7.00. The lowest BCUT2D eigenvalue weighted by molar-refractivity contribution is 0.371. The zero-order valence-electron chi connectivity index (χ0n) is 9.08. The van der Waals surface area contributed by atoms with Gasteiger partial charge in [0.05, 0.1) is 0 Å². The van der Waals surface area contributed by atoms with Gasteiger partial charge in [0.1, 0.15) is 0 Å². The van der Waals surface area contributed by atoms with E-state index in [1.807, 2.05) is 18.2 Å².